The topological polar surface area (TPSA) is 104 Å². The first-order valence-corrected chi connectivity index (χ1v) is 10.6. The van der Waals surface area contributed by atoms with Gasteiger partial charge >= 0.3 is 12.2 Å². The third-order valence-electron chi connectivity index (χ3n) is 4.32. The summed E-state index contributed by atoms with van der Waals surface area (Å²) in [7, 11) is 0. The number of alkyl halides is 3. The predicted octanol–water partition coefficient (Wildman–Crippen LogP) is 5.83. The van der Waals surface area contributed by atoms with Crippen molar-refractivity contribution in [3.8, 4) is 11.5 Å². The first-order chi connectivity index (χ1) is 16.5. The molecule has 0 aliphatic heterocycles. The van der Waals surface area contributed by atoms with Crippen LogP contribution in [0.3, 0.4) is 0 Å². The van der Waals surface area contributed by atoms with E-state index in [-0.39, 0.29) is 17.4 Å². The maximum Gasteiger partial charge on any atom is 0.417 e. The Morgan fingerprint density at radius 3 is 2.26 bits per heavy atom. The SMILES string of the molecule is CC(C)NNC(=O)c1cc(Oc2ccc(NC(=O)Nc3ccc(Cl)c(C(F)(F)F)c3)cc2)ccn1. The molecule has 0 bridgehead atoms. The zero-order valence-corrected chi connectivity index (χ0v) is 19.3. The fourth-order valence-electron chi connectivity index (χ4n) is 2.73. The number of nitrogens with one attached hydrogen (secondary N) is 4. The monoisotopic (exact) mass is 507 g/mol. The third kappa shape index (κ3) is 7.59. The number of hydrogen-bond donors (Lipinski definition) is 4. The van der Waals surface area contributed by atoms with Gasteiger partial charge in [-0.1, -0.05) is 11.6 Å². The number of halogens is 4. The molecule has 12 heteroatoms. The van der Waals surface area contributed by atoms with Gasteiger partial charge < -0.3 is 15.4 Å². The largest absolute Gasteiger partial charge is 0.457 e. The average Bonchev–Trinajstić information content (AvgIpc) is 2.79. The summed E-state index contributed by atoms with van der Waals surface area (Å²) < 4.78 is 44.7. The Hall–Kier alpha value is -3.83. The highest BCUT2D eigenvalue weighted by molar-refractivity contribution is 6.31. The van der Waals surface area contributed by atoms with Crippen LogP contribution in [-0.4, -0.2) is 23.0 Å². The first kappa shape index (κ1) is 25.8. The third-order valence-corrected chi connectivity index (χ3v) is 4.65. The number of anilines is 2. The van der Waals surface area contributed by atoms with Crippen molar-refractivity contribution < 1.29 is 27.5 Å². The highest BCUT2D eigenvalue weighted by Gasteiger charge is 2.33. The quantitative estimate of drug-likeness (QED) is 0.301. The molecule has 184 valence electrons. The predicted molar refractivity (Wildman–Crippen MR) is 126 cm³/mol. The Kier molecular flexibility index (Phi) is 8.15. The lowest BCUT2D eigenvalue weighted by atomic mass is 10.2. The van der Waals surface area contributed by atoms with Crippen LogP contribution in [0.5, 0.6) is 11.5 Å². The van der Waals surface area contributed by atoms with E-state index < -0.39 is 28.7 Å². The van der Waals surface area contributed by atoms with E-state index in [0.717, 1.165) is 12.1 Å². The van der Waals surface area contributed by atoms with Gasteiger partial charge in [-0.05, 0) is 62.4 Å². The van der Waals surface area contributed by atoms with Crippen molar-refractivity contribution in [3.63, 3.8) is 0 Å². The summed E-state index contributed by atoms with van der Waals surface area (Å²) in [6.45, 7) is 3.74. The van der Waals surface area contributed by atoms with Crippen LogP contribution in [0, 0.1) is 0 Å². The van der Waals surface area contributed by atoms with Crippen molar-refractivity contribution in [1.82, 2.24) is 15.8 Å². The van der Waals surface area contributed by atoms with Gasteiger partial charge in [0.05, 0.1) is 10.6 Å². The van der Waals surface area contributed by atoms with Crippen molar-refractivity contribution in [2.24, 2.45) is 0 Å². The van der Waals surface area contributed by atoms with Gasteiger partial charge in [0.15, 0.2) is 0 Å². The molecule has 1 heterocycles. The van der Waals surface area contributed by atoms with Crippen LogP contribution in [0.1, 0.15) is 29.9 Å². The molecule has 3 aromatic rings. The van der Waals surface area contributed by atoms with E-state index in [1.807, 2.05) is 13.8 Å². The van der Waals surface area contributed by atoms with Gasteiger partial charge in [-0.2, -0.15) is 13.2 Å². The lowest BCUT2D eigenvalue weighted by Crippen LogP contribution is -2.41. The lowest BCUT2D eigenvalue weighted by Gasteiger charge is -2.13. The Morgan fingerprint density at radius 1 is 0.943 bits per heavy atom. The fourth-order valence-corrected chi connectivity index (χ4v) is 2.95. The fraction of sp³-hybridized carbons (Fsp3) is 0.174. The summed E-state index contributed by atoms with van der Waals surface area (Å²) in [6, 6.07) is 11.6. The average molecular weight is 508 g/mol. The van der Waals surface area contributed by atoms with Crippen molar-refractivity contribution in [2.45, 2.75) is 26.1 Å². The molecule has 0 atom stereocenters. The molecule has 0 radical (unpaired) electrons. The summed E-state index contributed by atoms with van der Waals surface area (Å²) >= 11 is 5.58. The van der Waals surface area contributed by atoms with Crippen LogP contribution in [0.4, 0.5) is 29.3 Å². The minimum Gasteiger partial charge on any atom is -0.457 e. The highest BCUT2D eigenvalue weighted by Crippen LogP contribution is 2.36. The van der Waals surface area contributed by atoms with E-state index in [1.165, 1.54) is 18.3 Å². The molecule has 0 saturated carbocycles. The zero-order valence-electron chi connectivity index (χ0n) is 18.5. The first-order valence-electron chi connectivity index (χ1n) is 10.3. The molecule has 2 aromatic carbocycles. The number of carbonyl (C=O) groups excluding carboxylic acids is 2. The van der Waals surface area contributed by atoms with Gasteiger partial charge in [-0.15, -0.1) is 0 Å². The van der Waals surface area contributed by atoms with E-state index >= 15 is 0 Å². The molecular weight excluding hydrogens is 487 g/mol. The number of hydrazine groups is 1. The minimum absolute atomic E-state index is 0.0520. The zero-order chi connectivity index (χ0) is 25.6. The molecule has 4 N–H and O–H groups in total. The molecule has 0 fully saturated rings. The van der Waals surface area contributed by atoms with Crippen LogP contribution in [0.2, 0.25) is 5.02 Å². The molecule has 1 aromatic heterocycles. The number of aromatic nitrogens is 1. The molecule has 3 rings (SSSR count). The summed E-state index contributed by atoms with van der Waals surface area (Å²) in [5.74, 6) is 0.371. The Bertz CT molecular complexity index is 1200. The number of carbonyl (C=O) groups is 2. The number of pyridine rings is 1. The van der Waals surface area contributed by atoms with E-state index in [4.69, 9.17) is 16.3 Å². The Morgan fingerprint density at radius 2 is 1.60 bits per heavy atom. The molecule has 0 aliphatic rings. The molecule has 35 heavy (non-hydrogen) atoms. The molecule has 0 unspecified atom stereocenters. The second kappa shape index (κ2) is 11.1. The number of ether oxygens (including phenoxy) is 1. The van der Waals surface area contributed by atoms with Crippen LogP contribution in [-0.2, 0) is 6.18 Å². The number of nitrogens with zero attached hydrogens (tertiary/aromatic N) is 1. The number of benzene rings is 2. The van der Waals surface area contributed by atoms with Gasteiger partial charge in [0.1, 0.15) is 17.2 Å². The molecular formula is C23H21ClF3N5O3. The van der Waals surface area contributed by atoms with Crippen LogP contribution in [0.15, 0.2) is 60.8 Å². The molecule has 3 amide bonds. The van der Waals surface area contributed by atoms with Gasteiger partial charge in [0, 0.05) is 29.7 Å². The minimum atomic E-state index is -4.65. The standard InChI is InChI=1S/C23H21ClF3N5O3/c1-13(2)31-32-21(33)20-12-17(9-10-28-20)35-16-6-3-14(4-7-16)29-22(34)30-15-5-8-19(24)18(11-15)23(25,26)27/h3-13,31H,1-2H3,(H,32,33)(H2,29,30,34). The van der Waals surface area contributed by atoms with E-state index in [1.54, 1.807) is 30.3 Å². The number of urea groups is 1. The normalized spacial score (nSPS) is 11.2. The van der Waals surface area contributed by atoms with E-state index in [0.29, 0.717) is 17.2 Å². The van der Waals surface area contributed by atoms with Gasteiger partial charge in [0.2, 0.25) is 0 Å². The second-order valence-corrected chi connectivity index (χ2v) is 7.94. The Labute approximate surface area is 203 Å². The number of amides is 3. The maximum absolute atomic E-state index is 13.0. The second-order valence-electron chi connectivity index (χ2n) is 7.53. The van der Waals surface area contributed by atoms with Crippen molar-refractivity contribution >= 4 is 34.9 Å². The van der Waals surface area contributed by atoms with Gasteiger partial charge in [0.25, 0.3) is 5.91 Å². The molecule has 0 spiro atoms. The van der Waals surface area contributed by atoms with Crippen molar-refractivity contribution in [2.75, 3.05) is 10.6 Å². The lowest BCUT2D eigenvalue weighted by molar-refractivity contribution is -0.137. The van der Waals surface area contributed by atoms with Crippen LogP contribution in [0.25, 0.3) is 0 Å². The summed E-state index contributed by atoms with van der Waals surface area (Å²) in [5.41, 5.74) is 4.72. The number of rotatable bonds is 7. The van der Waals surface area contributed by atoms with Crippen molar-refractivity contribution in [1.29, 1.82) is 0 Å². The van der Waals surface area contributed by atoms with E-state index in [9.17, 15) is 22.8 Å². The smallest absolute Gasteiger partial charge is 0.417 e. The Balaban J connectivity index is 1.59. The summed E-state index contributed by atoms with van der Waals surface area (Å²) in [5, 5.41) is 4.38. The number of hydrogen-bond acceptors (Lipinski definition) is 5. The van der Waals surface area contributed by atoms with Crippen molar-refractivity contribution in [3.05, 3.63) is 77.1 Å². The van der Waals surface area contributed by atoms with Gasteiger partial charge in [-0.25, -0.2) is 10.2 Å². The summed E-state index contributed by atoms with van der Waals surface area (Å²) in [6.07, 6.45) is -3.22. The van der Waals surface area contributed by atoms with Crippen LogP contribution >= 0.6 is 11.6 Å². The van der Waals surface area contributed by atoms with E-state index in [2.05, 4.69) is 26.5 Å². The molecule has 0 aliphatic carbocycles. The molecule has 8 nitrogen and oxygen atoms in total. The highest BCUT2D eigenvalue weighted by atomic mass is 35.5. The van der Waals surface area contributed by atoms with Gasteiger partial charge in [-0.3, -0.25) is 15.2 Å². The molecule has 0 saturated heterocycles. The summed E-state index contributed by atoms with van der Waals surface area (Å²) in [4.78, 5) is 28.3. The van der Waals surface area contributed by atoms with Crippen LogP contribution < -0.4 is 26.2 Å². The maximum atomic E-state index is 13.0.